The van der Waals surface area contributed by atoms with Crippen LogP contribution in [0.15, 0.2) is 28.7 Å². The molecule has 4 heteroatoms. The van der Waals surface area contributed by atoms with Crippen molar-refractivity contribution in [1.82, 2.24) is 4.90 Å². The highest BCUT2D eigenvalue weighted by Crippen LogP contribution is 2.27. The Labute approximate surface area is 110 Å². The molecule has 0 bridgehead atoms. The summed E-state index contributed by atoms with van der Waals surface area (Å²) in [6.45, 7) is 2.94. The molecular formula is C13H16BrNO2. The van der Waals surface area contributed by atoms with Gasteiger partial charge in [-0.3, -0.25) is 4.79 Å². The van der Waals surface area contributed by atoms with Crippen LogP contribution in [-0.2, 0) is 0 Å². The van der Waals surface area contributed by atoms with E-state index in [9.17, 15) is 9.90 Å². The first kappa shape index (κ1) is 12.6. The zero-order valence-electron chi connectivity index (χ0n) is 9.82. The van der Waals surface area contributed by atoms with Gasteiger partial charge in [-0.05, 0) is 24.6 Å². The molecule has 92 valence electrons. The normalized spacial score (nSPS) is 17.7. The number of amides is 1. The van der Waals surface area contributed by atoms with Gasteiger partial charge >= 0.3 is 0 Å². The Morgan fingerprint density at radius 3 is 2.82 bits per heavy atom. The van der Waals surface area contributed by atoms with Crippen molar-refractivity contribution < 1.29 is 9.90 Å². The Kier molecular flexibility index (Phi) is 3.54. The second-order valence-corrected chi connectivity index (χ2v) is 5.56. The summed E-state index contributed by atoms with van der Waals surface area (Å²) in [5, 5.41) is 10.0. The Balaban J connectivity index is 2.00. The lowest BCUT2D eigenvalue weighted by atomic mass is 9.89. The van der Waals surface area contributed by atoms with E-state index in [2.05, 4.69) is 15.9 Å². The summed E-state index contributed by atoms with van der Waals surface area (Å²) < 4.78 is 0.896. The van der Waals surface area contributed by atoms with Crippen LogP contribution in [0.25, 0.3) is 0 Å². The van der Waals surface area contributed by atoms with Gasteiger partial charge in [-0.1, -0.05) is 35.3 Å². The Morgan fingerprint density at radius 2 is 2.24 bits per heavy atom. The standard InChI is InChI=1S/C13H16BrNO2/c1-2-6-13(17)8-15(9-13)12(16)10-4-3-5-11(14)7-10/h3-5,7,17H,2,6,8-9H2,1H3. The van der Waals surface area contributed by atoms with Gasteiger partial charge in [0.05, 0.1) is 18.7 Å². The van der Waals surface area contributed by atoms with Crippen LogP contribution < -0.4 is 0 Å². The van der Waals surface area contributed by atoms with Crippen LogP contribution in [0.2, 0.25) is 0 Å². The van der Waals surface area contributed by atoms with Crippen LogP contribution >= 0.6 is 15.9 Å². The number of aliphatic hydroxyl groups is 1. The van der Waals surface area contributed by atoms with E-state index in [0.717, 1.165) is 17.3 Å². The topological polar surface area (TPSA) is 40.5 Å². The van der Waals surface area contributed by atoms with E-state index >= 15 is 0 Å². The number of β-amino-alcohol motifs (C(OH)–C–C–N with tert-alkyl or cyclic N) is 1. The SMILES string of the molecule is CCCC1(O)CN(C(=O)c2cccc(Br)c2)C1. The van der Waals surface area contributed by atoms with Gasteiger partial charge in [0.25, 0.3) is 5.91 Å². The van der Waals surface area contributed by atoms with Gasteiger partial charge in [0.15, 0.2) is 0 Å². The van der Waals surface area contributed by atoms with Crippen LogP contribution in [0.1, 0.15) is 30.1 Å². The van der Waals surface area contributed by atoms with Crippen LogP contribution in [0.4, 0.5) is 0 Å². The van der Waals surface area contributed by atoms with Crippen LogP contribution in [0.5, 0.6) is 0 Å². The number of likely N-dealkylation sites (tertiary alicyclic amines) is 1. The van der Waals surface area contributed by atoms with Crippen molar-refractivity contribution in [1.29, 1.82) is 0 Å². The molecule has 0 saturated carbocycles. The predicted molar refractivity (Wildman–Crippen MR) is 69.9 cm³/mol. The average Bonchev–Trinajstić information content (AvgIpc) is 2.25. The third-order valence-electron chi connectivity index (χ3n) is 3.04. The van der Waals surface area contributed by atoms with E-state index in [1.165, 1.54) is 0 Å². The number of nitrogens with zero attached hydrogens (tertiary/aromatic N) is 1. The maximum atomic E-state index is 12.1. The van der Waals surface area contributed by atoms with E-state index in [0.29, 0.717) is 18.7 Å². The van der Waals surface area contributed by atoms with E-state index < -0.39 is 5.60 Å². The highest BCUT2D eigenvalue weighted by molar-refractivity contribution is 9.10. The minimum atomic E-state index is -0.656. The van der Waals surface area contributed by atoms with Gasteiger partial charge < -0.3 is 10.0 Å². The second kappa shape index (κ2) is 4.78. The summed E-state index contributed by atoms with van der Waals surface area (Å²) in [6, 6.07) is 7.33. The number of carbonyl (C=O) groups is 1. The molecule has 1 N–H and O–H groups in total. The molecule has 2 rings (SSSR count). The van der Waals surface area contributed by atoms with Crippen molar-refractivity contribution in [3.05, 3.63) is 34.3 Å². The largest absolute Gasteiger partial charge is 0.386 e. The Bertz CT molecular complexity index is 427. The fourth-order valence-electron chi connectivity index (χ4n) is 2.24. The Hall–Kier alpha value is -0.870. The molecule has 17 heavy (non-hydrogen) atoms. The third kappa shape index (κ3) is 2.69. The number of carbonyl (C=O) groups excluding carboxylic acids is 1. The predicted octanol–water partition coefficient (Wildman–Crippen LogP) is 2.44. The lowest BCUT2D eigenvalue weighted by molar-refractivity contribution is -0.0860. The highest BCUT2D eigenvalue weighted by Gasteiger charge is 2.42. The monoisotopic (exact) mass is 297 g/mol. The van der Waals surface area contributed by atoms with Gasteiger partial charge in [-0.15, -0.1) is 0 Å². The second-order valence-electron chi connectivity index (χ2n) is 4.65. The molecule has 0 unspecified atom stereocenters. The molecule has 0 spiro atoms. The molecule has 1 aromatic rings. The minimum absolute atomic E-state index is 0.00734. The average molecular weight is 298 g/mol. The first-order valence-electron chi connectivity index (χ1n) is 5.81. The molecule has 1 aliphatic rings. The Morgan fingerprint density at radius 1 is 1.53 bits per heavy atom. The molecule has 1 heterocycles. The minimum Gasteiger partial charge on any atom is -0.386 e. The molecular weight excluding hydrogens is 282 g/mol. The summed E-state index contributed by atoms with van der Waals surface area (Å²) in [5.74, 6) is -0.00734. The van der Waals surface area contributed by atoms with Crippen LogP contribution in [-0.4, -0.2) is 34.6 Å². The number of hydrogen-bond acceptors (Lipinski definition) is 2. The summed E-state index contributed by atoms with van der Waals surface area (Å²) in [4.78, 5) is 13.8. The highest BCUT2D eigenvalue weighted by atomic mass is 79.9. The van der Waals surface area contributed by atoms with E-state index in [1.807, 2.05) is 19.1 Å². The fourth-order valence-corrected chi connectivity index (χ4v) is 2.63. The lowest BCUT2D eigenvalue weighted by Gasteiger charge is -2.46. The van der Waals surface area contributed by atoms with Gasteiger partial charge in [0, 0.05) is 10.0 Å². The van der Waals surface area contributed by atoms with Crippen molar-refractivity contribution >= 4 is 21.8 Å². The molecule has 1 fully saturated rings. The van der Waals surface area contributed by atoms with E-state index in [-0.39, 0.29) is 5.91 Å². The molecule has 0 aromatic heterocycles. The molecule has 1 aliphatic heterocycles. The molecule has 1 saturated heterocycles. The zero-order valence-corrected chi connectivity index (χ0v) is 11.4. The number of halogens is 1. The molecule has 1 aromatic carbocycles. The van der Waals surface area contributed by atoms with Gasteiger partial charge in [-0.25, -0.2) is 0 Å². The quantitative estimate of drug-likeness (QED) is 0.931. The molecule has 0 aliphatic carbocycles. The lowest BCUT2D eigenvalue weighted by Crippen LogP contribution is -2.63. The molecule has 0 atom stereocenters. The third-order valence-corrected chi connectivity index (χ3v) is 3.54. The van der Waals surface area contributed by atoms with Crippen molar-refractivity contribution in [2.75, 3.05) is 13.1 Å². The van der Waals surface area contributed by atoms with Crippen molar-refractivity contribution in [2.45, 2.75) is 25.4 Å². The van der Waals surface area contributed by atoms with Crippen molar-refractivity contribution in [3.63, 3.8) is 0 Å². The molecule has 0 radical (unpaired) electrons. The van der Waals surface area contributed by atoms with E-state index in [1.54, 1.807) is 17.0 Å². The van der Waals surface area contributed by atoms with Crippen molar-refractivity contribution in [3.8, 4) is 0 Å². The van der Waals surface area contributed by atoms with E-state index in [4.69, 9.17) is 0 Å². The zero-order chi connectivity index (χ0) is 12.5. The number of hydrogen-bond donors (Lipinski definition) is 1. The van der Waals surface area contributed by atoms with Gasteiger partial charge in [0.1, 0.15) is 0 Å². The van der Waals surface area contributed by atoms with Gasteiger partial charge in [-0.2, -0.15) is 0 Å². The number of rotatable bonds is 3. The van der Waals surface area contributed by atoms with Crippen LogP contribution in [0, 0.1) is 0 Å². The summed E-state index contributed by atoms with van der Waals surface area (Å²) >= 11 is 3.35. The molecule has 1 amide bonds. The maximum Gasteiger partial charge on any atom is 0.254 e. The first-order valence-corrected chi connectivity index (χ1v) is 6.60. The number of benzene rings is 1. The van der Waals surface area contributed by atoms with Gasteiger partial charge in [0.2, 0.25) is 0 Å². The maximum absolute atomic E-state index is 12.1. The fraction of sp³-hybridized carbons (Fsp3) is 0.462. The summed E-state index contributed by atoms with van der Waals surface area (Å²) in [6.07, 6.45) is 1.70. The first-order chi connectivity index (χ1) is 8.04. The smallest absolute Gasteiger partial charge is 0.254 e. The summed E-state index contributed by atoms with van der Waals surface area (Å²) in [5.41, 5.74) is 0.00842. The summed E-state index contributed by atoms with van der Waals surface area (Å²) in [7, 11) is 0. The van der Waals surface area contributed by atoms with Crippen LogP contribution in [0.3, 0.4) is 0 Å². The van der Waals surface area contributed by atoms with Crippen molar-refractivity contribution in [2.24, 2.45) is 0 Å². The molecule has 3 nitrogen and oxygen atoms in total.